The van der Waals surface area contributed by atoms with Crippen LogP contribution in [-0.4, -0.2) is 41.5 Å². The van der Waals surface area contributed by atoms with E-state index in [0.717, 1.165) is 33.8 Å². The van der Waals surface area contributed by atoms with Gasteiger partial charge >= 0.3 is 0 Å². The molecule has 180 valence electrons. The van der Waals surface area contributed by atoms with Gasteiger partial charge in [-0.05, 0) is 66.1 Å². The minimum absolute atomic E-state index is 0.0913. The molecule has 0 radical (unpaired) electrons. The van der Waals surface area contributed by atoms with Crippen LogP contribution in [0.3, 0.4) is 0 Å². The fourth-order valence-electron chi connectivity index (χ4n) is 3.71. The highest BCUT2D eigenvalue weighted by Crippen LogP contribution is 2.30. The number of hydrogen-bond acceptors (Lipinski definition) is 5. The Morgan fingerprint density at radius 1 is 1.06 bits per heavy atom. The van der Waals surface area contributed by atoms with E-state index in [2.05, 4.69) is 4.98 Å². The molecule has 7 heteroatoms. The minimum atomic E-state index is -0.0913. The van der Waals surface area contributed by atoms with E-state index in [-0.39, 0.29) is 5.91 Å². The number of carbonyl (C=O) groups is 1. The number of aryl methyl sites for hydroxylation is 1. The molecule has 0 spiro atoms. The standard InChI is InChI=1S/C28H29N3O4/c1-20-15-25(33-3)26(34-4)16-22(20)17-30(2)28(32)13-10-21-8-11-24(12-9-21)35-19-23-18-31-14-6-5-7-27(31)29-23/h5-16,18H,17,19H2,1-4H3. The predicted molar refractivity (Wildman–Crippen MR) is 136 cm³/mol. The third kappa shape index (κ3) is 5.81. The Morgan fingerprint density at radius 3 is 2.51 bits per heavy atom. The Kier molecular flexibility index (Phi) is 7.35. The van der Waals surface area contributed by atoms with Gasteiger partial charge in [0.15, 0.2) is 11.5 Å². The van der Waals surface area contributed by atoms with E-state index >= 15 is 0 Å². The number of nitrogens with zero attached hydrogens (tertiary/aromatic N) is 3. The highest BCUT2D eigenvalue weighted by atomic mass is 16.5. The molecule has 2 aromatic heterocycles. The summed E-state index contributed by atoms with van der Waals surface area (Å²) in [5, 5.41) is 0. The molecule has 0 aliphatic heterocycles. The number of amides is 1. The second kappa shape index (κ2) is 10.8. The first-order valence-electron chi connectivity index (χ1n) is 11.3. The van der Waals surface area contributed by atoms with E-state index in [9.17, 15) is 4.79 Å². The number of fused-ring (bicyclic) bond motifs is 1. The highest BCUT2D eigenvalue weighted by molar-refractivity contribution is 5.91. The van der Waals surface area contributed by atoms with Crippen LogP contribution in [0.1, 0.15) is 22.4 Å². The van der Waals surface area contributed by atoms with Crippen molar-refractivity contribution in [1.29, 1.82) is 0 Å². The highest BCUT2D eigenvalue weighted by Gasteiger charge is 2.12. The van der Waals surface area contributed by atoms with Crippen LogP contribution < -0.4 is 14.2 Å². The molecule has 0 atom stereocenters. The number of likely N-dealkylation sites (N-methyl/N-ethyl adjacent to an activating group) is 1. The van der Waals surface area contributed by atoms with E-state index in [1.807, 2.05) is 78.3 Å². The predicted octanol–water partition coefficient (Wildman–Crippen LogP) is 4.91. The van der Waals surface area contributed by atoms with Gasteiger partial charge in [0.05, 0.1) is 19.9 Å². The number of benzene rings is 2. The largest absolute Gasteiger partial charge is 0.493 e. The molecular weight excluding hydrogens is 442 g/mol. The van der Waals surface area contributed by atoms with Crippen molar-refractivity contribution in [1.82, 2.24) is 14.3 Å². The Balaban J connectivity index is 1.33. The number of aromatic nitrogens is 2. The molecule has 0 N–H and O–H groups in total. The first-order valence-corrected chi connectivity index (χ1v) is 11.3. The first kappa shape index (κ1) is 23.9. The van der Waals surface area contributed by atoms with Crippen molar-refractivity contribution in [3.63, 3.8) is 0 Å². The topological polar surface area (TPSA) is 65.3 Å². The van der Waals surface area contributed by atoms with Crippen LogP contribution in [0.25, 0.3) is 11.7 Å². The zero-order valence-corrected chi connectivity index (χ0v) is 20.4. The SMILES string of the molecule is COc1cc(C)c(CN(C)C(=O)C=Cc2ccc(OCc3cn4ccccc4n3)cc2)cc1OC. The Labute approximate surface area is 205 Å². The van der Waals surface area contributed by atoms with Crippen molar-refractivity contribution < 1.29 is 19.0 Å². The Morgan fingerprint density at radius 2 is 1.80 bits per heavy atom. The van der Waals surface area contributed by atoms with Gasteiger partial charge in [-0.3, -0.25) is 4.79 Å². The van der Waals surface area contributed by atoms with Crippen molar-refractivity contribution in [3.8, 4) is 17.2 Å². The normalized spacial score (nSPS) is 11.1. The van der Waals surface area contributed by atoms with Crippen LogP contribution in [0, 0.1) is 6.92 Å². The van der Waals surface area contributed by atoms with Crippen LogP contribution >= 0.6 is 0 Å². The van der Waals surface area contributed by atoms with Gasteiger partial charge in [0.25, 0.3) is 0 Å². The fraction of sp³-hybridized carbons (Fsp3) is 0.214. The molecule has 0 saturated heterocycles. The van der Waals surface area contributed by atoms with E-state index < -0.39 is 0 Å². The number of pyridine rings is 1. The Bertz CT molecular complexity index is 1310. The summed E-state index contributed by atoms with van der Waals surface area (Å²) < 4.78 is 18.6. The second-order valence-electron chi connectivity index (χ2n) is 8.22. The maximum Gasteiger partial charge on any atom is 0.246 e. The summed E-state index contributed by atoms with van der Waals surface area (Å²) in [6.45, 7) is 2.84. The number of hydrogen-bond donors (Lipinski definition) is 0. The van der Waals surface area contributed by atoms with E-state index in [1.165, 1.54) is 0 Å². The van der Waals surface area contributed by atoms with Crippen LogP contribution in [0.4, 0.5) is 0 Å². The first-order chi connectivity index (χ1) is 17.0. The van der Waals surface area contributed by atoms with Gasteiger partial charge in [-0.25, -0.2) is 4.98 Å². The van der Waals surface area contributed by atoms with Gasteiger partial charge in [-0.1, -0.05) is 18.2 Å². The van der Waals surface area contributed by atoms with Crippen molar-refractivity contribution in [3.05, 3.63) is 95.5 Å². The van der Waals surface area contributed by atoms with Crippen molar-refractivity contribution in [2.24, 2.45) is 0 Å². The summed E-state index contributed by atoms with van der Waals surface area (Å²) in [5.41, 5.74) is 4.69. The minimum Gasteiger partial charge on any atom is -0.493 e. The second-order valence-corrected chi connectivity index (χ2v) is 8.22. The quantitative estimate of drug-likeness (QED) is 0.325. The number of methoxy groups -OCH3 is 2. The summed E-state index contributed by atoms with van der Waals surface area (Å²) in [7, 11) is 4.99. The molecule has 4 rings (SSSR count). The molecule has 0 aliphatic rings. The average molecular weight is 472 g/mol. The molecule has 2 heterocycles. The smallest absolute Gasteiger partial charge is 0.246 e. The van der Waals surface area contributed by atoms with Crippen LogP contribution in [-0.2, 0) is 17.9 Å². The zero-order valence-electron chi connectivity index (χ0n) is 20.4. The maximum absolute atomic E-state index is 12.7. The van der Waals surface area contributed by atoms with Crippen molar-refractivity contribution in [2.75, 3.05) is 21.3 Å². The molecule has 0 saturated carbocycles. The third-order valence-electron chi connectivity index (χ3n) is 5.72. The fourth-order valence-corrected chi connectivity index (χ4v) is 3.71. The molecule has 0 bridgehead atoms. The van der Waals surface area contributed by atoms with Gasteiger partial charge in [0.2, 0.25) is 5.91 Å². The van der Waals surface area contributed by atoms with Gasteiger partial charge in [-0.2, -0.15) is 0 Å². The monoisotopic (exact) mass is 471 g/mol. The summed E-state index contributed by atoms with van der Waals surface area (Å²) in [4.78, 5) is 18.9. The van der Waals surface area contributed by atoms with Crippen LogP contribution in [0.2, 0.25) is 0 Å². The molecule has 7 nitrogen and oxygen atoms in total. The van der Waals surface area contributed by atoms with Gasteiger partial charge < -0.3 is 23.5 Å². The lowest BCUT2D eigenvalue weighted by atomic mass is 10.1. The molecule has 1 amide bonds. The maximum atomic E-state index is 12.7. The lowest BCUT2D eigenvalue weighted by Gasteiger charge is -2.18. The van der Waals surface area contributed by atoms with E-state index in [4.69, 9.17) is 14.2 Å². The van der Waals surface area contributed by atoms with Crippen molar-refractivity contribution >= 4 is 17.6 Å². The summed E-state index contributed by atoms with van der Waals surface area (Å²) >= 11 is 0. The molecule has 0 unspecified atom stereocenters. The number of carbonyl (C=O) groups excluding carboxylic acids is 1. The Hall–Kier alpha value is -4.26. The van der Waals surface area contributed by atoms with Crippen LogP contribution in [0.15, 0.2) is 73.1 Å². The molecule has 35 heavy (non-hydrogen) atoms. The lowest BCUT2D eigenvalue weighted by Crippen LogP contribution is -2.24. The number of ether oxygens (including phenoxy) is 3. The number of rotatable bonds is 9. The summed E-state index contributed by atoms with van der Waals surface area (Å²) in [6.07, 6.45) is 7.29. The number of imidazole rings is 1. The van der Waals surface area contributed by atoms with E-state index in [0.29, 0.717) is 24.7 Å². The average Bonchev–Trinajstić information content (AvgIpc) is 3.30. The molecule has 2 aromatic carbocycles. The molecule has 4 aromatic rings. The summed E-state index contributed by atoms with van der Waals surface area (Å²) in [5.74, 6) is 1.97. The van der Waals surface area contributed by atoms with E-state index in [1.54, 1.807) is 38.3 Å². The molecular formula is C28H29N3O4. The lowest BCUT2D eigenvalue weighted by molar-refractivity contribution is -0.125. The van der Waals surface area contributed by atoms with Gasteiger partial charge in [0, 0.05) is 32.1 Å². The van der Waals surface area contributed by atoms with Crippen molar-refractivity contribution in [2.45, 2.75) is 20.1 Å². The summed E-state index contributed by atoms with van der Waals surface area (Å²) in [6, 6.07) is 17.3. The molecule has 0 aliphatic carbocycles. The van der Waals surface area contributed by atoms with Crippen LogP contribution in [0.5, 0.6) is 17.2 Å². The third-order valence-corrected chi connectivity index (χ3v) is 5.72. The van der Waals surface area contributed by atoms with Gasteiger partial charge in [-0.15, -0.1) is 0 Å². The molecule has 0 fully saturated rings. The zero-order chi connectivity index (χ0) is 24.8. The van der Waals surface area contributed by atoms with Gasteiger partial charge in [0.1, 0.15) is 18.0 Å².